The third-order valence-electron chi connectivity index (χ3n) is 11.1. The fourth-order valence-corrected chi connectivity index (χ4v) is 7.03. The van der Waals surface area contributed by atoms with Crippen LogP contribution in [-0.4, -0.2) is 37.2 Å². The maximum absolute atomic E-state index is 12.8. The number of unbranched alkanes of at least 4 members (excludes halogenated alkanes) is 22. The Labute approximate surface area is 395 Å². The Morgan fingerprint density at radius 2 is 0.594 bits per heavy atom. The Morgan fingerprint density at radius 1 is 0.312 bits per heavy atom. The maximum Gasteiger partial charge on any atom is 0.306 e. The maximum atomic E-state index is 12.8. The lowest BCUT2D eigenvalue weighted by Crippen LogP contribution is -2.30. The summed E-state index contributed by atoms with van der Waals surface area (Å²) >= 11 is 0. The molecule has 0 bridgehead atoms. The standard InChI is InChI=1S/C58H98O6/c1-4-7-10-13-16-19-22-25-28-29-31-33-36-39-42-45-48-51-57(60)63-54-55(53-62-56(59)50-47-44-41-38-35-32-27-24-21-18-15-12-9-6-3)64-58(61)52-49-46-43-40-37-34-30-26-23-20-17-14-11-8-5-2/h15-16,18-19,24-28,30-31,33,39,42,55H,4-14,17,20-23,29,32,34-38,40-41,43-54H2,1-3H3/b18-15-,19-16-,27-24-,28-25-,30-26-,33-31-,42-39-/t55-/m1/s1. The average molecular weight is 891 g/mol. The Bertz CT molecular complexity index is 1250. The van der Waals surface area contributed by atoms with Crippen LogP contribution in [0.3, 0.4) is 0 Å². The molecule has 0 heterocycles. The molecule has 0 spiro atoms. The third kappa shape index (κ3) is 49.6. The highest BCUT2D eigenvalue weighted by atomic mass is 16.6. The monoisotopic (exact) mass is 891 g/mol. The SMILES string of the molecule is CCCC/C=C\C/C=C\CCCCCCCC(=O)OC[C@H](COC(=O)CCC/C=C\C/C=C\C/C=C\C/C=C\CCCCC)OC(=O)CCCCCCC/C=C\CCCCCCCC. The van der Waals surface area contributed by atoms with Crippen molar-refractivity contribution in [1.82, 2.24) is 0 Å². The van der Waals surface area contributed by atoms with E-state index in [1.54, 1.807) is 0 Å². The second-order valence-electron chi connectivity index (χ2n) is 17.4. The molecule has 366 valence electrons. The van der Waals surface area contributed by atoms with E-state index < -0.39 is 6.10 Å². The zero-order valence-corrected chi connectivity index (χ0v) is 41.8. The molecule has 6 heteroatoms. The lowest BCUT2D eigenvalue weighted by atomic mass is 10.1. The number of carbonyl (C=O) groups excluding carboxylic acids is 3. The zero-order valence-electron chi connectivity index (χ0n) is 41.8. The highest BCUT2D eigenvalue weighted by molar-refractivity contribution is 5.71. The van der Waals surface area contributed by atoms with Gasteiger partial charge in [0.2, 0.25) is 0 Å². The van der Waals surface area contributed by atoms with Crippen LogP contribution in [0.4, 0.5) is 0 Å². The van der Waals surface area contributed by atoms with Crippen molar-refractivity contribution in [2.45, 2.75) is 252 Å². The van der Waals surface area contributed by atoms with Crippen molar-refractivity contribution in [2.24, 2.45) is 0 Å². The fourth-order valence-electron chi connectivity index (χ4n) is 7.03. The van der Waals surface area contributed by atoms with Gasteiger partial charge in [-0.1, -0.05) is 202 Å². The summed E-state index contributed by atoms with van der Waals surface area (Å²) in [6, 6.07) is 0. The summed E-state index contributed by atoms with van der Waals surface area (Å²) in [4.78, 5) is 38.0. The number of ether oxygens (including phenoxy) is 3. The van der Waals surface area contributed by atoms with E-state index in [0.717, 1.165) is 103 Å². The van der Waals surface area contributed by atoms with Crippen molar-refractivity contribution in [1.29, 1.82) is 0 Å². The Hall–Kier alpha value is -3.41. The molecule has 0 rings (SSSR count). The topological polar surface area (TPSA) is 78.9 Å². The minimum absolute atomic E-state index is 0.105. The van der Waals surface area contributed by atoms with Crippen molar-refractivity contribution < 1.29 is 28.6 Å². The fraction of sp³-hybridized carbons (Fsp3) is 0.707. The predicted molar refractivity (Wildman–Crippen MR) is 274 cm³/mol. The van der Waals surface area contributed by atoms with Gasteiger partial charge in [-0.05, 0) is 109 Å². The number of allylic oxidation sites excluding steroid dienone is 14. The quantitative estimate of drug-likeness (QED) is 0.0262. The van der Waals surface area contributed by atoms with E-state index in [1.807, 2.05) is 0 Å². The van der Waals surface area contributed by atoms with Crippen molar-refractivity contribution in [2.75, 3.05) is 13.2 Å². The van der Waals surface area contributed by atoms with E-state index in [1.165, 1.54) is 96.3 Å². The number of rotatable bonds is 47. The van der Waals surface area contributed by atoms with E-state index >= 15 is 0 Å². The van der Waals surface area contributed by atoms with E-state index in [9.17, 15) is 14.4 Å². The van der Waals surface area contributed by atoms with Gasteiger partial charge in [0.05, 0.1) is 0 Å². The number of hydrogen-bond donors (Lipinski definition) is 0. The van der Waals surface area contributed by atoms with Crippen LogP contribution in [0.5, 0.6) is 0 Å². The Morgan fingerprint density at radius 3 is 1.03 bits per heavy atom. The summed E-state index contributed by atoms with van der Waals surface area (Å²) in [6.07, 6.45) is 67.1. The molecule has 0 aromatic heterocycles. The third-order valence-corrected chi connectivity index (χ3v) is 11.1. The first-order chi connectivity index (χ1) is 31.5. The summed E-state index contributed by atoms with van der Waals surface area (Å²) in [5.41, 5.74) is 0. The van der Waals surface area contributed by atoms with Gasteiger partial charge in [-0.25, -0.2) is 0 Å². The molecule has 0 fully saturated rings. The molecule has 64 heavy (non-hydrogen) atoms. The minimum atomic E-state index is -0.808. The molecule has 0 radical (unpaired) electrons. The first-order valence-corrected chi connectivity index (χ1v) is 26.6. The van der Waals surface area contributed by atoms with Gasteiger partial charge in [-0.2, -0.15) is 0 Å². The molecular formula is C58H98O6. The van der Waals surface area contributed by atoms with Crippen molar-refractivity contribution in [3.05, 3.63) is 85.1 Å². The number of esters is 3. The van der Waals surface area contributed by atoms with Gasteiger partial charge in [-0.15, -0.1) is 0 Å². The van der Waals surface area contributed by atoms with Gasteiger partial charge in [-0.3, -0.25) is 14.4 Å². The highest BCUT2D eigenvalue weighted by Gasteiger charge is 2.19. The molecule has 1 atom stereocenters. The molecular weight excluding hydrogens is 793 g/mol. The van der Waals surface area contributed by atoms with Crippen LogP contribution in [0.2, 0.25) is 0 Å². The van der Waals surface area contributed by atoms with Crippen LogP contribution in [-0.2, 0) is 28.6 Å². The first kappa shape index (κ1) is 60.6. The normalized spacial score (nSPS) is 12.7. The summed E-state index contributed by atoms with van der Waals surface area (Å²) in [7, 11) is 0. The van der Waals surface area contributed by atoms with Gasteiger partial charge in [0.1, 0.15) is 13.2 Å². The molecule has 0 aliphatic heterocycles. The van der Waals surface area contributed by atoms with E-state index in [0.29, 0.717) is 19.3 Å². The molecule has 0 aliphatic rings. The van der Waals surface area contributed by atoms with Crippen molar-refractivity contribution in [3.8, 4) is 0 Å². The number of carbonyl (C=O) groups is 3. The summed E-state index contributed by atoms with van der Waals surface area (Å²) in [5.74, 6) is -0.984. The Kier molecular flexibility index (Phi) is 49.4. The molecule has 0 aliphatic carbocycles. The van der Waals surface area contributed by atoms with Gasteiger partial charge < -0.3 is 14.2 Å². The molecule has 0 unspecified atom stereocenters. The molecule has 0 saturated carbocycles. The molecule has 0 saturated heterocycles. The van der Waals surface area contributed by atoms with Crippen LogP contribution in [0, 0.1) is 0 Å². The van der Waals surface area contributed by atoms with Crippen LogP contribution in [0.1, 0.15) is 245 Å². The molecule has 0 aromatic rings. The van der Waals surface area contributed by atoms with Crippen molar-refractivity contribution >= 4 is 17.9 Å². The summed E-state index contributed by atoms with van der Waals surface area (Å²) in [6.45, 7) is 6.49. The van der Waals surface area contributed by atoms with Crippen LogP contribution in [0.25, 0.3) is 0 Å². The summed E-state index contributed by atoms with van der Waals surface area (Å²) < 4.78 is 16.7. The predicted octanol–water partition coefficient (Wildman–Crippen LogP) is 17.6. The Balaban J connectivity index is 4.51. The van der Waals surface area contributed by atoms with E-state index in [2.05, 4.69) is 106 Å². The van der Waals surface area contributed by atoms with E-state index in [-0.39, 0.29) is 37.5 Å². The van der Waals surface area contributed by atoms with Gasteiger partial charge in [0.15, 0.2) is 6.10 Å². The number of hydrogen-bond acceptors (Lipinski definition) is 6. The van der Waals surface area contributed by atoms with Gasteiger partial charge >= 0.3 is 17.9 Å². The van der Waals surface area contributed by atoms with Crippen molar-refractivity contribution in [3.63, 3.8) is 0 Å². The smallest absolute Gasteiger partial charge is 0.306 e. The lowest BCUT2D eigenvalue weighted by molar-refractivity contribution is -0.167. The second-order valence-corrected chi connectivity index (χ2v) is 17.4. The zero-order chi connectivity index (χ0) is 46.5. The largest absolute Gasteiger partial charge is 0.462 e. The molecule has 0 aromatic carbocycles. The summed E-state index contributed by atoms with van der Waals surface area (Å²) in [5, 5.41) is 0. The molecule has 0 N–H and O–H groups in total. The van der Waals surface area contributed by atoms with Crippen LogP contribution >= 0.6 is 0 Å². The van der Waals surface area contributed by atoms with Gasteiger partial charge in [0, 0.05) is 19.3 Å². The second kappa shape index (κ2) is 52.2. The van der Waals surface area contributed by atoms with Gasteiger partial charge in [0.25, 0.3) is 0 Å². The van der Waals surface area contributed by atoms with Crippen LogP contribution < -0.4 is 0 Å². The lowest BCUT2D eigenvalue weighted by Gasteiger charge is -2.18. The average Bonchev–Trinajstić information content (AvgIpc) is 3.29. The first-order valence-electron chi connectivity index (χ1n) is 26.6. The minimum Gasteiger partial charge on any atom is -0.462 e. The van der Waals surface area contributed by atoms with E-state index in [4.69, 9.17) is 14.2 Å². The molecule has 0 amide bonds. The van der Waals surface area contributed by atoms with Crippen LogP contribution in [0.15, 0.2) is 85.1 Å². The highest BCUT2D eigenvalue weighted by Crippen LogP contribution is 2.13. The molecule has 6 nitrogen and oxygen atoms in total.